The SMILES string of the molecule is CN(C)CCOCCNCc1ccc(C(=O)O)o1. The lowest BCUT2D eigenvalue weighted by molar-refractivity contribution is 0.0660. The van der Waals surface area contributed by atoms with E-state index in [0.29, 0.717) is 32.1 Å². The van der Waals surface area contributed by atoms with Gasteiger partial charge in [0, 0.05) is 13.1 Å². The first-order valence-electron chi connectivity index (χ1n) is 5.85. The number of hydrogen-bond acceptors (Lipinski definition) is 5. The first-order chi connectivity index (χ1) is 8.59. The summed E-state index contributed by atoms with van der Waals surface area (Å²) in [6, 6.07) is 3.11. The smallest absolute Gasteiger partial charge is 0.371 e. The third kappa shape index (κ3) is 5.81. The summed E-state index contributed by atoms with van der Waals surface area (Å²) < 4.78 is 10.5. The molecule has 0 radical (unpaired) electrons. The molecule has 0 saturated heterocycles. The van der Waals surface area contributed by atoms with E-state index in [2.05, 4.69) is 10.2 Å². The summed E-state index contributed by atoms with van der Waals surface area (Å²) in [7, 11) is 4.00. The number of rotatable bonds is 9. The quantitative estimate of drug-likeness (QED) is 0.632. The molecule has 0 bridgehead atoms. The zero-order valence-corrected chi connectivity index (χ0v) is 10.8. The fourth-order valence-electron chi connectivity index (χ4n) is 1.29. The Balaban J connectivity index is 2.05. The summed E-state index contributed by atoms with van der Waals surface area (Å²) in [4.78, 5) is 12.6. The number of likely N-dealkylation sites (N-methyl/N-ethyl adjacent to an activating group) is 1. The van der Waals surface area contributed by atoms with Crippen LogP contribution in [0.5, 0.6) is 0 Å². The number of ether oxygens (including phenoxy) is 1. The minimum atomic E-state index is -1.05. The Morgan fingerprint density at radius 1 is 1.44 bits per heavy atom. The van der Waals surface area contributed by atoms with Crippen molar-refractivity contribution in [2.75, 3.05) is 40.4 Å². The van der Waals surface area contributed by atoms with Crippen molar-refractivity contribution in [3.63, 3.8) is 0 Å². The predicted octanol–water partition coefficient (Wildman–Crippen LogP) is 0.646. The van der Waals surface area contributed by atoms with Crippen molar-refractivity contribution in [1.29, 1.82) is 0 Å². The molecule has 102 valence electrons. The number of carboxylic acid groups (broad SMARTS) is 1. The third-order valence-electron chi connectivity index (χ3n) is 2.28. The summed E-state index contributed by atoms with van der Waals surface area (Å²) in [6.45, 7) is 3.44. The second kappa shape index (κ2) is 7.86. The molecule has 1 aromatic rings. The monoisotopic (exact) mass is 256 g/mol. The van der Waals surface area contributed by atoms with E-state index in [1.165, 1.54) is 6.07 Å². The zero-order chi connectivity index (χ0) is 13.4. The number of nitrogens with zero attached hydrogens (tertiary/aromatic N) is 1. The van der Waals surface area contributed by atoms with E-state index in [1.807, 2.05) is 14.1 Å². The maximum Gasteiger partial charge on any atom is 0.371 e. The van der Waals surface area contributed by atoms with Crippen molar-refractivity contribution in [3.8, 4) is 0 Å². The molecule has 0 spiro atoms. The molecule has 2 N–H and O–H groups in total. The van der Waals surface area contributed by atoms with Gasteiger partial charge in [0.2, 0.25) is 5.76 Å². The van der Waals surface area contributed by atoms with Crippen LogP contribution in [0.15, 0.2) is 16.5 Å². The third-order valence-corrected chi connectivity index (χ3v) is 2.28. The van der Waals surface area contributed by atoms with Gasteiger partial charge in [0.25, 0.3) is 0 Å². The van der Waals surface area contributed by atoms with Crippen molar-refractivity contribution in [2.45, 2.75) is 6.54 Å². The van der Waals surface area contributed by atoms with Crippen LogP contribution < -0.4 is 5.32 Å². The largest absolute Gasteiger partial charge is 0.475 e. The molecular formula is C12H20N2O4. The van der Waals surface area contributed by atoms with Crippen LogP contribution in [0.4, 0.5) is 0 Å². The molecule has 0 atom stereocenters. The first-order valence-corrected chi connectivity index (χ1v) is 5.85. The lowest BCUT2D eigenvalue weighted by atomic mass is 10.4. The fraction of sp³-hybridized carbons (Fsp3) is 0.583. The van der Waals surface area contributed by atoms with Crippen LogP contribution in [-0.4, -0.2) is 56.4 Å². The van der Waals surface area contributed by atoms with Crippen LogP contribution in [0.1, 0.15) is 16.3 Å². The van der Waals surface area contributed by atoms with Gasteiger partial charge in [-0.25, -0.2) is 4.79 Å². The number of aromatic carboxylic acids is 1. The van der Waals surface area contributed by atoms with E-state index >= 15 is 0 Å². The van der Waals surface area contributed by atoms with Crippen LogP contribution >= 0.6 is 0 Å². The van der Waals surface area contributed by atoms with Gasteiger partial charge in [0.1, 0.15) is 5.76 Å². The van der Waals surface area contributed by atoms with Gasteiger partial charge in [-0.15, -0.1) is 0 Å². The maximum absolute atomic E-state index is 10.6. The second-order valence-electron chi connectivity index (χ2n) is 4.16. The molecular weight excluding hydrogens is 236 g/mol. The Hall–Kier alpha value is -1.37. The van der Waals surface area contributed by atoms with Gasteiger partial charge in [0.05, 0.1) is 19.8 Å². The van der Waals surface area contributed by atoms with Gasteiger partial charge in [-0.05, 0) is 26.2 Å². The molecule has 0 unspecified atom stereocenters. The van der Waals surface area contributed by atoms with E-state index in [0.717, 1.165) is 6.54 Å². The molecule has 6 heteroatoms. The van der Waals surface area contributed by atoms with Gasteiger partial charge >= 0.3 is 5.97 Å². The van der Waals surface area contributed by atoms with Gasteiger partial charge in [0.15, 0.2) is 0 Å². The van der Waals surface area contributed by atoms with Gasteiger partial charge in [-0.1, -0.05) is 0 Å². The Morgan fingerprint density at radius 2 is 2.22 bits per heavy atom. The lowest BCUT2D eigenvalue weighted by Crippen LogP contribution is -2.22. The summed E-state index contributed by atoms with van der Waals surface area (Å²) in [5.41, 5.74) is 0. The van der Waals surface area contributed by atoms with E-state index < -0.39 is 5.97 Å². The highest BCUT2D eigenvalue weighted by Gasteiger charge is 2.07. The molecule has 0 fully saturated rings. The molecule has 0 saturated carbocycles. The Labute approximate surface area is 107 Å². The molecule has 6 nitrogen and oxygen atoms in total. The second-order valence-corrected chi connectivity index (χ2v) is 4.16. The highest BCUT2D eigenvalue weighted by atomic mass is 16.5. The molecule has 0 amide bonds. The Morgan fingerprint density at radius 3 is 2.83 bits per heavy atom. The molecule has 1 aromatic heterocycles. The molecule has 0 aliphatic heterocycles. The molecule has 0 aliphatic rings. The molecule has 0 aromatic carbocycles. The number of nitrogens with one attached hydrogen (secondary N) is 1. The van der Waals surface area contributed by atoms with Crippen LogP contribution in [0.3, 0.4) is 0 Å². The van der Waals surface area contributed by atoms with E-state index in [-0.39, 0.29) is 5.76 Å². The number of carbonyl (C=O) groups is 1. The van der Waals surface area contributed by atoms with Crippen molar-refractivity contribution in [3.05, 3.63) is 23.7 Å². The normalized spacial score (nSPS) is 11.1. The average Bonchev–Trinajstić information content (AvgIpc) is 2.76. The standard InChI is InChI=1S/C12H20N2O4/c1-14(2)6-8-17-7-5-13-9-10-3-4-11(18-10)12(15)16/h3-4,13H,5-9H2,1-2H3,(H,15,16). The minimum Gasteiger partial charge on any atom is -0.475 e. The van der Waals surface area contributed by atoms with Crippen molar-refractivity contribution < 1.29 is 19.1 Å². The summed E-state index contributed by atoms with van der Waals surface area (Å²) in [5.74, 6) is -0.469. The minimum absolute atomic E-state index is 0.0333. The van der Waals surface area contributed by atoms with Crippen molar-refractivity contribution in [1.82, 2.24) is 10.2 Å². The van der Waals surface area contributed by atoms with Crippen molar-refractivity contribution >= 4 is 5.97 Å². The van der Waals surface area contributed by atoms with Gasteiger partial charge in [-0.2, -0.15) is 0 Å². The van der Waals surface area contributed by atoms with Crippen LogP contribution in [0.2, 0.25) is 0 Å². The van der Waals surface area contributed by atoms with E-state index in [4.69, 9.17) is 14.3 Å². The summed E-state index contributed by atoms with van der Waals surface area (Å²) in [5, 5.41) is 11.8. The first kappa shape index (κ1) is 14.7. The summed E-state index contributed by atoms with van der Waals surface area (Å²) in [6.07, 6.45) is 0. The highest BCUT2D eigenvalue weighted by molar-refractivity contribution is 5.84. The molecule has 1 rings (SSSR count). The molecule has 18 heavy (non-hydrogen) atoms. The molecule has 1 heterocycles. The highest BCUT2D eigenvalue weighted by Crippen LogP contribution is 2.06. The van der Waals surface area contributed by atoms with Gasteiger partial charge in [-0.3, -0.25) is 0 Å². The van der Waals surface area contributed by atoms with E-state index in [1.54, 1.807) is 6.07 Å². The fourth-order valence-corrected chi connectivity index (χ4v) is 1.29. The maximum atomic E-state index is 10.6. The van der Waals surface area contributed by atoms with E-state index in [9.17, 15) is 4.79 Å². The topological polar surface area (TPSA) is 74.9 Å². The van der Waals surface area contributed by atoms with Crippen LogP contribution in [0, 0.1) is 0 Å². The Kier molecular flexibility index (Phi) is 6.42. The average molecular weight is 256 g/mol. The van der Waals surface area contributed by atoms with Gasteiger partial charge < -0.3 is 24.5 Å². The molecule has 0 aliphatic carbocycles. The number of furan rings is 1. The summed E-state index contributed by atoms with van der Waals surface area (Å²) >= 11 is 0. The zero-order valence-electron chi connectivity index (χ0n) is 10.8. The van der Waals surface area contributed by atoms with Crippen LogP contribution in [0.25, 0.3) is 0 Å². The Bertz CT molecular complexity index is 363. The number of carboxylic acids is 1. The predicted molar refractivity (Wildman–Crippen MR) is 66.7 cm³/mol. The van der Waals surface area contributed by atoms with Crippen LogP contribution in [-0.2, 0) is 11.3 Å². The van der Waals surface area contributed by atoms with Crippen molar-refractivity contribution in [2.24, 2.45) is 0 Å². The lowest BCUT2D eigenvalue weighted by Gasteiger charge is -2.09. The number of hydrogen-bond donors (Lipinski definition) is 2.